The Morgan fingerprint density at radius 2 is 1.97 bits per heavy atom. The molecule has 0 saturated carbocycles. The largest absolute Gasteiger partial charge is 0.405 e. The lowest BCUT2D eigenvalue weighted by Crippen LogP contribution is -2.44. The molecule has 3 rings (SSSR count). The van der Waals surface area contributed by atoms with E-state index in [1.807, 2.05) is 0 Å². The van der Waals surface area contributed by atoms with E-state index in [9.17, 15) is 4.79 Å². The van der Waals surface area contributed by atoms with Crippen molar-refractivity contribution in [2.75, 3.05) is 25.0 Å². The molecule has 2 aliphatic heterocycles. The average molecular weight is 397 g/mol. The van der Waals surface area contributed by atoms with E-state index >= 15 is 0 Å². The standard InChI is InChI=1S/C24H36N4O/c1-4-18(15-26)19(7-5-6-16(2)14-25)20-13-22-21(12-17(20)3)24(23(29)28-22)8-10-27-11-9-24/h12-14,27H,4-11,15,25-26H2,1-3H3,(H,28,29)/b16-14+,19-18+. The normalized spacial score (nSPS) is 19.2. The Balaban J connectivity index is 1.99. The summed E-state index contributed by atoms with van der Waals surface area (Å²) in [5, 5.41) is 6.58. The number of rotatable bonds is 7. The third-order valence-electron chi connectivity index (χ3n) is 6.73. The van der Waals surface area contributed by atoms with Crippen LogP contribution in [-0.4, -0.2) is 25.5 Å². The first kappa shape index (κ1) is 21.6. The van der Waals surface area contributed by atoms with Gasteiger partial charge in [-0.05, 0) is 100.0 Å². The third kappa shape index (κ3) is 4.12. The van der Waals surface area contributed by atoms with Crippen LogP contribution < -0.4 is 22.1 Å². The topological polar surface area (TPSA) is 93.2 Å². The minimum Gasteiger partial charge on any atom is -0.405 e. The molecule has 1 aromatic rings. The van der Waals surface area contributed by atoms with E-state index in [1.54, 1.807) is 6.20 Å². The molecule has 29 heavy (non-hydrogen) atoms. The van der Waals surface area contributed by atoms with Gasteiger partial charge in [0.25, 0.3) is 0 Å². The van der Waals surface area contributed by atoms with Gasteiger partial charge in [-0.15, -0.1) is 0 Å². The number of piperidine rings is 1. The van der Waals surface area contributed by atoms with E-state index in [0.717, 1.165) is 57.3 Å². The van der Waals surface area contributed by atoms with Crippen LogP contribution in [0.2, 0.25) is 0 Å². The lowest BCUT2D eigenvalue weighted by molar-refractivity contribution is -0.121. The van der Waals surface area contributed by atoms with Gasteiger partial charge in [0.05, 0.1) is 5.41 Å². The van der Waals surface area contributed by atoms with Crippen molar-refractivity contribution in [1.82, 2.24) is 5.32 Å². The van der Waals surface area contributed by atoms with Crippen molar-refractivity contribution in [3.8, 4) is 0 Å². The fourth-order valence-electron chi connectivity index (χ4n) is 4.86. The van der Waals surface area contributed by atoms with Crippen molar-refractivity contribution in [2.45, 2.75) is 64.7 Å². The molecule has 0 atom stereocenters. The molecule has 1 amide bonds. The van der Waals surface area contributed by atoms with Crippen LogP contribution in [0.5, 0.6) is 0 Å². The lowest BCUT2D eigenvalue weighted by Gasteiger charge is -2.32. The Hall–Kier alpha value is -2.11. The molecular formula is C24H36N4O. The summed E-state index contributed by atoms with van der Waals surface area (Å²) in [5.41, 5.74) is 19.9. The van der Waals surface area contributed by atoms with Gasteiger partial charge >= 0.3 is 0 Å². The van der Waals surface area contributed by atoms with Crippen molar-refractivity contribution >= 4 is 17.2 Å². The van der Waals surface area contributed by atoms with Gasteiger partial charge in [-0.1, -0.05) is 24.1 Å². The number of allylic oxidation sites excluding steroid dienone is 2. The number of benzene rings is 1. The second kappa shape index (κ2) is 9.14. The zero-order chi connectivity index (χ0) is 21.0. The molecule has 0 aromatic heterocycles. The van der Waals surface area contributed by atoms with Crippen LogP contribution in [0.25, 0.3) is 5.57 Å². The maximum Gasteiger partial charge on any atom is 0.235 e. The Kier molecular flexibility index (Phi) is 6.81. The van der Waals surface area contributed by atoms with Crippen LogP contribution >= 0.6 is 0 Å². The van der Waals surface area contributed by atoms with Crippen molar-refractivity contribution in [3.63, 3.8) is 0 Å². The molecule has 0 radical (unpaired) electrons. The SMILES string of the molecule is CC/C(CN)=C(/CCC/C(C)=C/N)c1cc2c(cc1C)C1(CCNCC1)C(=O)N2. The third-order valence-corrected chi connectivity index (χ3v) is 6.73. The molecule has 2 aliphatic rings. The number of fused-ring (bicyclic) bond motifs is 2. The van der Waals surface area contributed by atoms with Crippen LogP contribution in [0, 0.1) is 6.92 Å². The van der Waals surface area contributed by atoms with Crippen LogP contribution in [0.15, 0.2) is 29.5 Å². The summed E-state index contributed by atoms with van der Waals surface area (Å²) in [6, 6.07) is 4.45. The average Bonchev–Trinajstić information content (AvgIpc) is 2.98. The molecule has 0 bridgehead atoms. The van der Waals surface area contributed by atoms with Gasteiger partial charge in [0.2, 0.25) is 5.91 Å². The molecule has 0 unspecified atom stereocenters. The fraction of sp³-hybridized carbons (Fsp3) is 0.542. The van der Waals surface area contributed by atoms with Gasteiger partial charge in [0, 0.05) is 12.2 Å². The molecule has 158 valence electrons. The van der Waals surface area contributed by atoms with Crippen molar-refractivity contribution in [3.05, 3.63) is 46.2 Å². The van der Waals surface area contributed by atoms with E-state index in [4.69, 9.17) is 11.5 Å². The van der Waals surface area contributed by atoms with Crippen LogP contribution in [0.3, 0.4) is 0 Å². The number of aryl methyl sites for hydroxylation is 1. The van der Waals surface area contributed by atoms with Gasteiger partial charge in [-0.3, -0.25) is 4.79 Å². The Morgan fingerprint density at radius 1 is 1.24 bits per heavy atom. The molecule has 6 N–H and O–H groups in total. The summed E-state index contributed by atoms with van der Waals surface area (Å²) in [6.07, 6.45) is 7.35. The van der Waals surface area contributed by atoms with E-state index in [2.05, 4.69) is 43.5 Å². The first-order valence-corrected chi connectivity index (χ1v) is 10.9. The number of carbonyl (C=O) groups is 1. The highest BCUT2D eigenvalue weighted by molar-refractivity contribution is 6.07. The monoisotopic (exact) mass is 396 g/mol. The summed E-state index contributed by atoms with van der Waals surface area (Å²) >= 11 is 0. The highest BCUT2D eigenvalue weighted by atomic mass is 16.2. The van der Waals surface area contributed by atoms with Crippen molar-refractivity contribution < 1.29 is 4.79 Å². The number of nitrogens with one attached hydrogen (secondary N) is 2. The van der Waals surface area contributed by atoms with Gasteiger partial charge in [0.1, 0.15) is 0 Å². The smallest absolute Gasteiger partial charge is 0.235 e. The van der Waals surface area contributed by atoms with Crippen LogP contribution in [0.1, 0.15) is 69.1 Å². The maximum atomic E-state index is 12.9. The number of nitrogens with two attached hydrogens (primary N) is 2. The van der Waals surface area contributed by atoms with Crippen molar-refractivity contribution in [1.29, 1.82) is 0 Å². The first-order chi connectivity index (χ1) is 14.0. The highest BCUT2D eigenvalue weighted by Gasteiger charge is 2.47. The van der Waals surface area contributed by atoms with E-state index in [0.29, 0.717) is 6.54 Å². The van der Waals surface area contributed by atoms with Crippen LogP contribution in [-0.2, 0) is 10.2 Å². The van der Waals surface area contributed by atoms with Gasteiger partial charge in [-0.25, -0.2) is 0 Å². The van der Waals surface area contributed by atoms with E-state index in [-0.39, 0.29) is 11.3 Å². The predicted molar refractivity (Wildman–Crippen MR) is 122 cm³/mol. The highest BCUT2D eigenvalue weighted by Crippen LogP contribution is 2.46. The lowest BCUT2D eigenvalue weighted by atomic mass is 9.73. The summed E-state index contributed by atoms with van der Waals surface area (Å²) in [5.74, 6) is 0.161. The molecule has 1 spiro atoms. The fourth-order valence-corrected chi connectivity index (χ4v) is 4.86. The second-order valence-electron chi connectivity index (χ2n) is 8.51. The van der Waals surface area contributed by atoms with E-state index in [1.165, 1.54) is 33.4 Å². The number of anilines is 1. The Bertz CT molecular complexity index is 826. The first-order valence-electron chi connectivity index (χ1n) is 10.9. The minimum atomic E-state index is -0.363. The predicted octanol–water partition coefficient (Wildman–Crippen LogP) is 3.72. The number of hydrogen-bond acceptors (Lipinski definition) is 4. The van der Waals surface area contributed by atoms with Crippen LogP contribution in [0.4, 0.5) is 5.69 Å². The minimum absolute atomic E-state index is 0.161. The van der Waals surface area contributed by atoms with Gasteiger partial charge in [-0.2, -0.15) is 0 Å². The van der Waals surface area contributed by atoms with Gasteiger partial charge < -0.3 is 22.1 Å². The van der Waals surface area contributed by atoms with E-state index < -0.39 is 0 Å². The summed E-state index contributed by atoms with van der Waals surface area (Å²) < 4.78 is 0. The summed E-state index contributed by atoms with van der Waals surface area (Å²) in [4.78, 5) is 12.9. The van der Waals surface area contributed by atoms with Gasteiger partial charge in [0.15, 0.2) is 0 Å². The molecule has 5 nitrogen and oxygen atoms in total. The molecule has 1 saturated heterocycles. The second-order valence-corrected chi connectivity index (χ2v) is 8.51. The summed E-state index contributed by atoms with van der Waals surface area (Å²) in [6.45, 7) is 8.75. The quantitative estimate of drug-likeness (QED) is 0.565. The molecule has 1 aromatic carbocycles. The van der Waals surface area contributed by atoms with Crippen molar-refractivity contribution in [2.24, 2.45) is 11.5 Å². The number of amides is 1. The summed E-state index contributed by atoms with van der Waals surface area (Å²) in [7, 11) is 0. The molecule has 1 fully saturated rings. The molecular weight excluding hydrogens is 360 g/mol. The zero-order valence-electron chi connectivity index (χ0n) is 18.2. The molecule has 5 heteroatoms. The zero-order valence-corrected chi connectivity index (χ0v) is 18.2. The number of carbonyl (C=O) groups excluding carboxylic acids is 1. The molecule has 0 aliphatic carbocycles. The maximum absolute atomic E-state index is 12.9. The molecule has 2 heterocycles. The Labute approximate surface area is 175 Å². The Morgan fingerprint density at radius 3 is 2.59 bits per heavy atom. The number of hydrogen-bond donors (Lipinski definition) is 4.